The first kappa shape index (κ1) is 23.4. The number of nitrogens with zero attached hydrogens (tertiary/aromatic N) is 2. The molecule has 2 aromatic rings. The highest BCUT2D eigenvalue weighted by Gasteiger charge is 2.09. The number of aliphatic imine (C=N–C) groups is 1. The Hall–Kier alpha value is -1.84. The van der Waals surface area contributed by atoms with Gasteiger partial charge < -0.3 is 20.5 Å². The van der Waals surface area contributed by atoms with Crippen LogP contribution in [0.1, 0.15) is 17.5 Å². The first-order valence-corrected chi connectivity index (χ1v) is 9.87. The number of para-hydroxylation sites is 1. The molecule has 3 rings (SSSR count). The summed E-state index contributed by atoms with van der Waals surface area (Å²) in [7, 11) is 0. The number of hydrogen-bond acceptors (Lipinski definition) is 4. The van der Waals surface area contributed by atoms with Crippen LogP contribution in [-0.2, 0) is 11.3 Å². The first-order valence-electron chi connectivity index (χ1n) is 9.87. The summed E-state index contributed by atoms with van der Waals surface area (Å²) < 4.78 is 11.4. The number of guanidine groups is 1. The topological polar surface area (TPSA) is 72.1 Å². The molecule has 29 heavy (non-hydrogen) atoms. The molecule has 0 aliphatic carbocycles. The summed E-state index contributed by atoms with van der Waals surface area (Å²) >= 11 is 0. The van der Waals surface area contributed by atoms with Crippen molar-refractivity contribution in [2.24, 2.45) is 10.7 Å². The second-order valence-corrected chi connectivity index (χ2v) is 6.96. The molecule has 7 heteroatoms. The maximum Gasteiger partial charge on any atom is 0.188 e. The van der Waals surface area contributed by atoms with Crippen LogP contribution in [-0.4, -0.2) is 50.3 Å². The van der Waals surface area contributed by atoms with Gasteiger partial charge in [-0.25, -0.2) is 4.99 Å². The van der Waals surface area contributed by atoms with Gasteiger partial charge in [-0.2, -0.15) is 0 Å². The smallest absolute Gasteiger partial charge is 0.188 e. The summed E-state index contributed by atoms with van der Waals surface area (Å²) in [5.74, 6) is 2.08. The Kier molecular flexibility index (Phi) is 10.2. The molecule has 2 aromatic carbocycles. The largest absolute Gasteiger partial charge is 0.457 e. The first-order chi connectivity index (χ1) is 13.7. The van der Waals surface area contributed by atoms with Crippen molar-refractivity contribution in [1.29, 1.82) is 0 Å². The average molecular weight is 510 g/mol. The van der Waals surface area contributed by atoms with E-state index in [1.165, 1.54) is 5.56 Å². The van der Waals surface area contributed by atoms with Gasteiger partial charge in [-0.15, -0.1) is 24.0 Å². The summed E-state index contributed by atoms with van der Waals surface area (Å²) in [5, 5.41) is 3.20. The van der Waals surface area contributed by atoms with Gasteiger partial charge in [0, 0.05) is 25.2 Å². The Bertz CT molecular complexity index is 762. The van der Waals surface area contributed by atoms with Gasteiger partial charge in [-0.05, 0) is 38.1 Å². The van der Waals surface area contributed by atoms with Crippen LogP contribution in [0.2, 0.25) is 0 Å². The Morgan fingerprint density at radius 3 is 2.62 bits per heavy atom. The Balaban J connectivity index is 0.00000300. The van der Waals surface area contributed by atoms with Crippen LogP contribution in [0.5, 0.6) is 11.5 Å². The highest BCUT2D eigenvalue weighted by Crippen LogP contribution is 2.26. The van der Waals surface area contributed by atoms with Crippen LogP contribution >= 0.6 is 24.0 Å². The fourth-order valence-electron chi connectivity index (χ4n) is 3.04. The molecule has 1 fully saturated rings. The SMILES string of the molecule is Cc1ccc(Oc2ccccc2CN=C(N)NCCCN2CCOCC2)cc1.I. The summed E-state index contributed by atoms with van der Waals surface area (Å²) in [6, 6.07) is 15.9. The molecule has 1 aliphatic heterocycles. The number of rotatable bonds is 8. The number of nitrogens with one attached hydrogen (secondary N) is 1. The van der Waals surface area contributed by atoms with Crippen molar-refractivity contribution in [3.05, 3.63) is 59.7 Å². The number of benzene rings is 2. The second-order valence-electron chi connectivity index (χ2n) is 6.96. The van der Waals surface area contributed by atoms with E-state index in [4.69, 9.17) is 15.2 Å². The minimum Gasteiger partial charge on any atom is -0.457 e. The zero-order chi connectivity index (χ0) is 19.6. The zero-order valence-corrected chi connectivity index (χ0v) is 19.3. The van der Waals surface area contributed by atoms with Crippen molar-refractivity contribution < 1.29 is 9.47 Å². The quantitative estimate of drug-likeness (QED) is 0.246. The fourth-order valence-corrected chi connectivity index (χ4v) is 3.04. The molecular weight excluding hydrogens is 479 g/mol. The monoisotopic (exact) mass is 510 g/mol. The van der Waals surface area contributed by atoms with E-state index in [2.05, 4.69) is 22.1 Å². The molecule has 158 valence electrons. The molecule has 1 saturated heterocycles. The van der Waals surface area contributed by atoms with Crippen molar-refractivity contribution >= 4 is 29.9 Å². The van der Waals surface area contributed by atoms with E-state index in [0.29, 0.717) is 12.5 Å². The van der Waals surface area contributed by atoms with Crippen LogP contribution in [0.3, 0.4) is 0 Å². The van der Waals surface area contributed by atoms with Gasteiger partial charge >= 0.3 is 0 Å². The van der Waals surface area contributed by atoms with Crippen LogP contribution in [0.15, 0.2) is 53.5 Å². The predicted molar refractivity (Wildman–Crippen MR) is 128 cm³/mol. The zero-order valence-electron chi connectivity index (χ0n) is 17.0. The lowest BCUT2D eigenvalue weighted by Gasteiger charge is -2.26. The molecule has 0 atom stereocenters. The molecule has 3 N–H and O–H groups in total. The average Bonchev–Trinajstić information content (AvgIpc) is 2.73. The lowest BCUT2D eigenvalue weighted by atomic mass is 10.2. The number of morpholine rings is 1. The van der Waals surface area contributed by atoms with Crippen molar-refractivity contribution in [2.45, 2.75) is 19.9 Å². The van der Waals surface area contributed by atoms with E-state index in [9.17, 15) is 0 Å². The van der Waals surface area contributed by atoms with Crippen LogP contribution < -0.4 is 15.8 Å². The third-order valence-electron chi connectivity index (χ3n) is 4.70. The Morgan fingerprint density at radius 2 is 1.86 bits per heavy atom. The number of halogens is 1. The van der Waals surface area contributed by atoms with Gasteiger partial charge in [-0.3, -0.25) is 4.90 Å². The fraction of sp³-hybridized carbons (Fsp3) is 0.409. The number of ether oxygens (including phenoxy) is 2. The van der Waals surface area contributed by atoms with E-state index in [1.54, 1.807) is 0 Å². The summed E-state index contributed by atoms with van der Waals surface area (Å²) in [6.45, 7) is 8.10. The Labute approximate surface area is 190 Å². The maximum absolute atomic E-state index is 6.02. The van der Waals surface area contributed by atoms with E-state index < -0.39 is 0 Å². The van der Waals surface area contributed by atoms with Gasteiger partial charge in [0.05, 0.1) is 19.8 Å². The normalized spacial score (nSPS) is 14.9. The molecule has 0 bridgehead atoms. The second kappa shape index (κ2) is 12.7. The van der Waals surface area contributed by atoms with Gasteiger partial charge in [0.15, 0.2) is 5.96 Å². The third-order valence-corrected chi connectivity index (χ3v) is 4.70. The molecule has 0 unspecified atom stereocenters. The van der Waals surface area contributed by atoms with Crippen LogP contribution in [0, 0.1) is 6.92 Å². The van der Waals surface area contributed by atoms with Crippen molar-refractivity contribution in [1.82, 2.24) is 10.2 Å². The van der Waals surface area contributed by atoms with E-state index in [1.807, 2.05) is 48.5 Å². The number of aryl methyl sites for hydroxylation is 1. The minimum absolute atomic E-state index is 0. The lowest BCUT2D eigenvalue weighted by Crippen LogP contribution is -2.39. The van der Waals surface area contributed by atoms with Gasteiger partial charge in [0.2, 0.25) is 0 Å². The molecule has 0 spiro atoms. The number of hydrogen-bond donors (Lipinski definition) is 2. The highest BCUT2D eigenvalue weighted by molar-refractivity contribution is 14.0. The molecule has 0 amide bonds. The van der Waals surface area contributed by atoms with Gasteiger partial charge in [0.25, 0.3) is 0 Å². The maximum atomic E-state index is 6.02. The molecule has 6 nitrogen and oxygen atoms in total. The lowest BCUT2D eigenvalue weighted by molar-refractivity contribution is 0.0376. The molecule has 0 aromatic heterocycles. The third kappa shape index (κ3) is 8.20. The molecular formula is C22H31IN4O2. The summed E-state index contributed by atoms with van der Waals surface area (Å²) in [6.07, 6.45) is 1.03. The summed E-state index contributed by atoms with van der Waals surface area (Å²) in [5.41, 5.74) is 8.23. The number of nitrogens with two attached hydrogens (primary N) is 1. The standard InChI is InChI=1S/C22H30N4O2.HI/c1-18-7-9-20(10-8-18)28-21-6-3-2-5-19(21)17-25-22(23)24-11-4-12-26-13-15-27-16-14-26;/h2-3,5-10H,4,11-17H2,1H3,(H3,23,24,25);1H. The Morgan fingerprint density at radius 1 is 1.14 bits per heavy atom. The predicted octanol–water partition coefficient (Wildman–Crippen LogP) is 3.53. The van der Waals surface area contributed by atoms with Crippen molar-refractivity contribution in [3.8, 4) is 11.5 Å². The highest BCUT2D eigenvalue weighted by atomic mass is 127. The van der Waals surface area contributed by atoms with Crippen molar-refractivity contribution in [3.63, 3.8) is 0 Å². The minimum atomic E-state index is 0. The van der Waals surface area contributed by atoms with Gasteiger partial charge in [0.1, 0.15) is 11.5 Å². The van der Waals surface area contributed by atoms with Crippen molar-refractivity contribution in [2.75, 3.05) is 39.4 Å². The van der Waals surface area contributed by atoms with Gasteiger partial charge in [-0.1, -0.05) is 35.9 Å². The summed E-state index contributed by atoms with van der Waals surface area (Å²) in [4.78, 5) is 6.88. The van der Waals surface area contributed by atoms with Crippen LogP contribution in [0.4, 0.5) is 0 Å². The molecule has 0 radical (unpaired) electrons. The van der Waals surface area contributed by atoms with E-state index in [0.717, 1.165) is 62.9 Å². The molecule has 1 heterocycles. The van der Waals surface area contributed by atoms with E-state index >= 15 is 0 Å². The van der Waals surface area contributed by atoms with Crippen LogP contribution in [0.25, 0.3) is 0 Å². The molecule has 1 aliphatic rings. The van der Waals surface area contributed by atoms with E-state index in [-0.39, 0.29) is 24.0 Å². The molecule has 0 saturated carbocycles.